The second kappa shape index (κ2) is 10.3. The summed E-state index contributed by atoms with van der Waals surface area (Å²) in [5.41, 5.74) is 0.844. The molecule has 0 aliphatic heterocycles. The summed E-state index contributed by atoms with van der Waals surface area (Å²) in [5.74, 6) is -0.753. The molecule has 0 fully saturated rings. The smallest absolute Gasteiger partial charge is 0.336 e. The lowest BCUT2D eigenvalue weighted by atomic mass is 10.0. The molecule has 0 spiro atoms. The van der Waals surface area contributed by atoms with Gasteiger partial charge in [0.25, 0.3) is 0 Å². The fourth-order valence-electron chi connectivity index (χ4n) is 3.25. The molecular formula is C24H24N2O8. The third kappa shape index (κ3) is 5.07. The number of hydrogen-bond donors (Lipinski definition) is 4. The number of hydrogen-bond acceptors (Lipinski definition) is 8. The van der Waals surface area contributed by atoms with Crippen molar-refractivity contribution in [3.8, 4) is 23.0 Å². The van der Waals surface area contributed by atoms with Crippen LogP contribution in [0.15, 0.2) is 48.5 Å². The molecule has 0 bridgehead atoms. The summed E-state index contributed by atoms with van der Waals surface area (Å²) < 4.78 is 21.3. The normalized spacial score (nSPS) is 10.2. The Kier molecular flexibility index (Phi) is 7.32. The molecule has 10 nitrogen and oxygen atoms in total. The minimum absolute atomic E-state index is 0.295. The first-order valence-electron chi connectivity index (χ1n) is 9.94. The lowest BCUT2D eigenvalue weighted by Gasteiger charge is -2.19. The first-order chi connectivity index (χ1) is 16.3. The van der Waals surface area contributed by atoms with Gasteiger partial charge in [-0.15, -0.1) is 0 Å². The number of carboxylic acid groups (broad SMARTS) is 2. The zero-order valence-corrected chi connectivity index (χ0v) is 19.0. The van der Waals surface area contributed by atoms with Gasteiger partial charge in [-0.25, -0.2) is 9.59 Å². The highest BCUT2D eigenvalue weighted by atomic mass is 16.5. The number of carboxylic acids is 2. The Morgan fingerprint density at radius 3 is 1.26 bits per heavy atom. The summed E-state index contributed by atoms with van der Waals surface area (Å²) in [6.07, 6.45) is 0. The Morgan fingerprint density at radius 1 is 0.588 bits per heavy atom. The van der Waals surface area contributed by atoms with Crippen LogP contribution in [0.25, 0.3) is 0 Å². The Morgan fingerprint density at radius 2 is 0.971 bits per heavy atom. The minimum atomic E-state index is -1.38. The average Bonchev–Trinajstić information content (AvgIpc) is 2.84. The Hall–Kier alpha value is -4.60. The summed E-state index contributed by atoms with van der Waals surface area (Å²) >= 11 is 0. The van der Waals surface area contributed by atoms with E-state index in [0.717, 1.165) is 0 Å². The van der Waals surface area contributed by atoms with Crippen molar-refractivity contribution in [2.75, 3.05) is 39.1 Å². The highest BCUT2D eigenvalue weighted by molar-refractivity contribution is 6.05. The van der Waals surface area contributed by atoms with Crippen LogP contribution in [0.1, 0.15) is 20.7 Å². The van der Waals surface area contributed by atoms with Crippen LogP contribution in [-0.2, 0) is 0 Å². The molecule has 0 aliphatic carbocycles. The van der Waals surface area contributed by atoms with Gasteiger partial charge in [0, 0.05) is 12.1 Å². The molecular weight excluding hydrogens is 444 g/mol. The Labute approximate surface area is 195 Å². The van der Waals surface area contributed by atoms with Crippen molar-refractivity contribution >= 4 is 34.7 Å². The fourth-order valence-corrected chi connectivity index (χ4v) is 3.25. The summed E-state index contributed by atoms with van der Waals surface area (Å²) in [5, 5.41) is 25.5. The molecule has 0 amide bonds. The lowest BCUT2D eigenvalue weighted by molar-refractivity contribution is 0.0651. The highest BCUT2D eigenvalue weighted by Gasteiger charge is 2.21. The van der Waals surface area contributed by atoms with Gasteiger partial charge in [-0.1, -0.05) is 0 Å². The molecule has 0 aromatic heterocycles. The number of carbonyl (C=O) groups is 2. The van der Waals surface area contributed by atoms with E-state index >= 15 is 0 Å². The first kappa shape index (κ1) is 24.1. The second-order valence-corrected chi connectivity index (χ2v) is 6.94. The molecule has 3 aromatic rings. The van der Waals surface area contributed by atoms with E-state index in [9.17, 15) is 19.8 Å². The van der Waals surface area contributed by atoms with Crippen LogP contribution in [0.4, 0.5) is 22.7 Å². The SMILES string of the molecule is COc1ccc(Nc2cc(C(=O)O)c(C(=O)O)cc2Nc2ccc(OC)cc2OC)c(OC)c1. The molecule has 34 heavy (non-hydrogen) atoms. The van der Waals surface area contributed by atoms with Gasteiger partial charge in [-0.2, -0.15) is 0 Å². The average molecular weight is 468 g/mol. The van der Waals surface area contributed by atoms with Crippen LogP contribution in [0.5, 0.6) is 23.0 Å². The third-order valence-corrected chi connectivity index (χ3v) is 4.97. The van der Waals surface area contributed by atoms with Crippen molar-refractivity contribution in [1.29, 1.82) is 0 Å². The lowest BCUT2D eigenvalue weighted by Crippen LogP contribution is -2.11. The number of nitrogens with one attached hydrogen (secondary N) is 2. The zero-order valence-electron chi connectivity index (χ0n) is 19.0. The second-order valence-electron chi connectivity index (χ2n) is 6.94. The van der Waals surface area contributed by atoms with Gasteiger partial charge < -0.3 is 39.8 Å². The number of rotatable bonds is 10. The van der Waals surface area contributed by atoms with E-state index in [0.29, 0.717) is 45.7 Å². The summed E-state index contributed by atoms with van der Waals surface area (Å²) in [7, 11) is 6.01. The largest absolute Gasteiger partial charge is 0.497 e. The zero-order chi connectivity index (χ0) is 24.8. The molecule has 4 N–H and O–H groups in total. The summed E-state index contributed by atoms with van der Waals surface area (Å²) in [6.45, 7) is 0. The van der Waals surface area contributed by atoms with Crippen LogP contribution in [0, 0.1) is 0 Å². The predicted octanol–water partition coefficient (Wildman–Crippen LogP) is 4.60. The van der Waals surface area contributed by atoms with E-state index in [2.05, 4.69) is 10.6 Å². The summed E-state index contributed by atoms with van der Waals surface area (Å²) in [6, 6.07) is 12.6. The molecule has 3 rings (SSSR count). The van der Waals surface area contributed by atoms with Crippen LogP contribution in [0.3, 0.4) is 0 Å². The van der Waals surface area contributed by atoms with Gasteiger partial charge in [-0.3, -0.25) is 0 Å². The van der Waals surface area contributed by atoms with E-state index in [1.165, 1.54) is 40.6 Å². The van der Waals surface area contributed by atoms with Crippen LogP contribution < -0.4 is 29.6 Å². The molecule has 0 heterocycles. The molecule has 178 valence electrons. The molecule has 0 aliphatic rings. The van der Waals surface area contributed by atoms with Gasteiger partial charge in [-0.05, 0) is 36.4 Å². The monoisotopic (exact) mass is 468 g/mol. The van der Waals surface area contributed by atoms with E-state index in [4.69, 9.17) is 18.9 Å². The molecule has 0 radical (unpaired) electrons. The van der Waals surface area contributed by atoms with Crippen molar-refractivity contribution in [2.45, 2.75) is 0 Å². The van der Waals surface area contributed by atoms with E-state index in [-0.39, 0.29) is 11.1 Å². The molecule has 10 heteroatoms. The van der Waals surface area contributed by atoms with E-state index in [1.54, 1.807) is 36.4 Å². The molecule has 0 unspecified atom stereocenters. The predicted molar refractivity (Wildman–Crippen MR) is 126 cm³/mol. The molecule has 0 atom stereocenters. The van der Waals surface area contributed by atoms with Gasteiger partial charge >= 0.3 is 11.9 Å². The van der Waals surface area contributed by atoms with Crippen LogP contribution in [-0.4, -0.2) is 50.6 Å². The topological polar surface area (TPSA) is 136 Å². The van der Waals surface area contributed by atoms with Crippen molar-refractivity contribution in [1.82, 2.24) is 0 Å². The number of ether oxygens (including phenoxy) is 4. The maximum atomic E-state index is 11.8. The maximum absolute atomic E-state index is 11.8. The van der Waals surface area contributed by atoms with Crippen molar-refractivity contribution in [3.63, 3.8) is 0 Å². The minimum Gasteiger partial charge on any atom is -0.497 e. The third-order valence-electron chi connectivity index (χ3n) is 4.97. The van der Waals surface area contributed by atoms with Crippen LogP contribution >= 0.6 is 0 Å². The van der Waals surface area contributed by atoms with Crippen molar-refractivity contribution in [3.05, 3.63) is 59.7 Å². The first-order valence-corrected chi connectivity index (χ1v) is 9.94. The maximum Gasteiger partial charge on any atom is 0.336 e. The summed E-state index contributed by atoms with van der Waals surface area (Å²) in [4.78, 5) is 23.6. The van der Waals surface area contributed by atoms with Crippen molar-refractivity contribution < 1.29 is 38.7 Å². The van der Waals surface area contributed by atoms with E-state index < -0.39 is 11.9 Å². The van der Waals surface area contributed by atoms with Gasteiger partial charge in [0.05, 0.1) is 62.3 Å². The standard InChI is InChI=1S/C24H24N2O8/c1-31-13-5-7-17(21(9-13)33-3)25-19-11-15(23(27)28)16(24(29)30)12-20(19)26-18-8-6-14(32-2)10-22(18)34-4/h5-12,25-26H,1-4H3,(H,27,28)(H,29,30). The Balaban J connectivity index is 2.15. The number of aromatic carboxylic acids is 2. The van der Waals surface area contributed by atoms with Gasteiger partial charge in [0.15, 0.2) is 0 Å². The number of benzene rings is 3. The Bertz CT molecular complexity index is 1130. The molecule has 0 saturated heterocycles. The molecule has 0 saturated carbocycles. The quantitative estimate of drug-likeness (QED) is 0.334. The van der Waals surface area contributed by atoms with Gasteiger partial charge in [0.2, 0.25) is 0 Å². The fraction of sp³-hybridized carbons (Fsp3) is 0.167. The van der Waals surface area contributed by atoms with E-state index in [1.807, 2.05) is 0 Å². The van der Waals surface area contributed by atoms with Crippen molar-refractivity contribution in [2.24, 2.45) is 0 Å². The number of methoxy groups -OCH3 is 4. The molecule has 3 aromatic carbocycles. The number of anilines is 4. The van der Waals surface area contributed by atoms with Gasteiger partial charge in [0.1, 0.15) is 23.0 Å². The van der Waals surface area contributed by atoms with Crippen LogP contribution in [0.2, 0.25) is 0 Å². The highest BCUT2D eigenvalue weighted by Crippen LogP contribution is 2.39.